The number of thiazole rings is 3. The van der Waals surface area contributed by atoms with Crippen molar-refractivity contribution in [2.75, 3.05) is 34.5 Å². The van der Waals surface area contributed by atoms with Crippen LogP contribution in [0.4, 0.5) is 22.7 Å². The number of benzene rings is 8. The third kappa shape index (κ3) is 16.9. The monoisotopic (exact) mass is 1570 g/mol. The van der Waals surface area contributed by atoms with Crippen molar-refractivity contribution in [3.8, 4) is 56.9 Å². The standard InChI is InChI=1S/C21H18N4O3S.C20H14Cl2N4O.2C19H15ClN4OS/c1-13(21(26)23-14-6-7-18-19(10-14)28-9-8-27-18)25-17-5-3-2-4-15(17)24-20(25)16-11-29-12-22-16;21-14-9-8-13(11-15(14)22)24-19(27)12-26-18-7-2-1-5-16(18)25-20(26)17-6-3-4-10-23-17;1-12-6-7-13(8-14(12)20)22-18(25)9-24-17-5-3-2-4-15(17)23-19(24)16-10-26-11-21-16;1-12-6-7-13(10-14(12)20)22-17(25)11-24-16-5-3-2-4-15(16)23-18(24)19-21-8-9-26-19/h2-7,10-13H,8-9H2,1H3,(H,23,26);1-11H,12H2,(H,24,27);2-8,10-11H,9H2,1H3,(H,22,25);2-10H,11H2,1H3,(H,22,25). The van der Waals surface area contributed by atoms with Crippen LogP contribution < -0.4 is 30.7 Å². The highest BCUT2D eigenvalue weighted by Gasteiger charge is 2.26. The number of anilines is 4. The molecule has 8 aromatic carbocycles. The van der Waals surface area contributed by atoms with E-state index in [0.717, 1.165) is 71.7 Å². The molecule has 16 aromatic rings. The molecule has 0 saturated heterocycles. The molecule has 1 atom stereocenters. The zero-order valence-electron chi connectivity index (χ0n) is 57.6. The molecule has 9 heterocycles. The Morgan fingerprint density at radius 2 is 0.880 bits per heavy atom. The maximum Gasteiger partial charge on any atom is 0.247 e. The van der Waals surface area contributed by atoms with Gasteiger partial charge in [-0.05, 0) is 147 Å². The van der Waals surface area contributed by atoms with Crippen molar-refractivity contribution in [3.05, 3.63) is 259 Å². The normalized spacial score (nSPS) is 11.8. The largest absolute Gasteiger partial charge is 0.486 e. The summed E-state index contributed by atoms with van der Waals surface area (Å²) in [7, 11) is 0. The van der Waals surface area contributed by atoms with Gasteiger partial charge in [-0.15, -0.1) is 34.0 Å². The molecule has 8 aromatic heterocycles. The Balaban J connectivity index is 0.000000121. The van der Waals surface area contributed by atoms with Gasteiger partial charge in [0.25, 0.3) is 0 Å². The average molecular weight is 1570 g/mol. The minimum Gasteiger partial charge on any atom is -0.486 e. The summed E-state index contributed by atoms with van der Waals surface area (Å²) >= 11 is 28.7. The van der Waals surface area contributed by atoms with E-state index in [4.69, 9.17) is 60.9 Å². The van der Waals surface area contributed by atoms with E-state index >= 15 is 0 Å². The Hall–Kier alpha value is -11.7. The molecular weight excluding hydrogens is 1510 g/mol. The number of fused-ring (bicyclic) bond motifs is 5. The van der Waals surface area contributed by atoms with Gasteiger partial charge in [0, 0.05) is 67.4 Å². The first-order chi connectivity index (χ1) is 52.5. The summed E-state index contributed by atoms with van der Waals surface area (Å²) < 4.78 is 18.7. The van der Waals surface area contributed by atoms with Crippen molar-refractivity contribution in [3.63, 3.8) is 0 Å². The zero-order valence-corrected chi connectivity index (χ0v) is 63.1. The van der Waals surface area contributed by atoms with Gasteiger partial charge in [-0.1, -0.05) is 113 Å². The molecule has 0 bridgehead atoms. The van der Waals surface area contributed by atoms with E-state index in [1.54, 1.807) is 59.8 Å². The molecule has 4 amide bonds. The van der Waals surface area contributed by atoms with Crippen molar-refractivity contribution in [2.45, 2.75) is 46.4 Å². The highest BCUT2D eigenvalue weighted by Crippen LogP contribution is 2.36. The maximum atomic E-state index is 13.1. The number of imidazole rings is 4. The predicted octanol–water partition coefficient (Wildman–Crippen LogP) is 18.7. The van der Waals surface area contributed by atoms with Crippen LogP contribution in [-0.4, -0.2) is 95.0 Å². The van der Waals surface area contributed by atoms with E-state index in [1.807, 2.05) is 207 Å². The van der Waals surface area contributed by atoms with E-state index in [9.17, 15) is 19.2 Å². The van der Waals surface area contributed by atoms with Gasteiger partial charge in [0.2, 0.25) is 23.6 Å². The molecule has 108 heavy (non-hydrogen) atoms. The molecule has 0 saturated carbocycles. The molecule has 22 nitrogen and oxygen atoms in total. The Morgan fingerprint density at radius 1 is 0.435 bits per heavy atom. The molecule has 1 unspecified atom stereocenters. The fourth-order valence-electron chi connectivity index (χ4n) is 11.8. The number of carbonyl (C=O) groups excluding carboxylic acids is 4. The van der Waals surface area contributed by atoms with Gasteiger partial charge in [-0.3, -0.25) is 24.2 Å². The van der Waals surface area contributed by atoms with Crippen molar-refractivity contribution in [1.82, 2.24) is 58.1 Å². The summed E-state index contributed by atoms with van der Waals surface area (Å²) in [6.07, 6.45) is 3.44. The number of rotatable bonds is 16. The van der Waals surface area contributed by atoms with Gasteiger partial charge in [0.05, 0.1) is 65.2 Å². The van der Waals surface area contributed by atoms with Crippen LogP contribution in [0.3, 0.4) is 0 Å². The third-order valence-electron chi connectivity index (χ3n) is 17.0. The average Bonchev–Trinajstić information content (AvgIpc) is 1.66. The summed E-state index contributed by atoms with van der Waals surface area (Å²) in [5.41, 5.74) is 17.1. The SMILES string of the molecule is CC(C(=O)Nc1ccc2c(c1)OCCO2)n1c(-c2cscn2)nc2ccccc21.Cc1ccc(NC(=O)Cn2c(-c3cscn3)nc3ccccc32)cc1Cl.Cc1ccc(NC(=O)Cn2c(-c3nccs3)nc3ccccc32)cc1Cl.O=C(Cn1c(-c2ccccn2)nc2ccccc21)Nc1ccc(Cl)c(Cl)c1. The summed E-state index contributed by atoms with van der Waals surface area (Å²) in [5, 5.41) is 20.2. The number of hydrogen-bond donors (Lipinski definition) is 4. The molecule has 0 spiro atoms. The van der Waals surface area contributed by atoms with Crippen LogP contribution in [0.25, 0.3) is 89.5 Å². The van der Waals surface area contributed by atoms with E-state index in [2.05, 4.69) is 56.2 Å². The molecule has 0 radical (unpaired) electrons. The minimum absolute atomic E-state index is 0.0899. The number of aryl methyl sites for hydroxylation is 2. The van der Waals surface area contributed by atoms with E-state index in [-0.39, 0.29) is 43.3 Å². The first-order valence-electron chi connectivity index (χ1n) is 33.5. The second-order valence-corrected chi connectivity index (χ2v) is 28.3. The lowest BCUT2D eigenvalue weighted by Gasteiger charge is -2.20. The Bertz CT molecular complexity index is 5760. The first-order valence-corrected chi connectivity index (χ1v) is 37.8. The summed E-state index contributed by atoms with van der Waals surface area (Å²) in [4.78, 5) is 87.1. The first kappa shape index (κ1) is 73.2. The summed E-state index contributed by atoms with van der Waals surface area (Å²) in [6.45, 7) is 7.10. The van der Waals surface area contributed by atoms with Crippen molar-refractivity contribution >= 4 is 171 Å². The Kier molecular flexibility index (Phi) is 22.7. The number of aromatic nitrogens is 12. The van der Waals surface area contributed by atoms with Crippen LogP contribution in [0, 0.1) is 13.8 Å². The highest BCUT2D eigenvalue weighted by atomic mass is 35.5. The van der Waals surface area contributed by atoms with Gasteiger partial charge in [-0.25, -0.2) is 34.9 Å². The van der Waals surface area contributed by atoms with Crippen molar-refractivity contribution in [2.24, 2.45) is 0 Å². The van der Waals surface area contributed by atoms with Crippen LogP contribution in [0.15, 0.2) is 228 Å². The second-order valence-electron chi connectivity index (χ2n) is 24.3. The number of ether oxygens (including phenoxy) is 2. The van der Waals surface area contributed by atoms with Gasteiger partial charge < -0.3 is 49.0 Å². The molecule has 0 fully saturated rings. The van der Waals surface area contributed by atoms with Gasteiger partial charge >= 0.3 is 0 Å². The lowest BCUT2D eigenvalue weighted by molar-refractivity contribution is -0.119. The zero-order chi connectivity index (χ0) is 74.8. The number of carbonyl (C=O) groups is 4. The Labute approximate surface area is 649 Å². The quantitative estimate of drug-likeness (QED) is 0.0702. The second kappa shape index (κ2) is 33.4. The van der Waals surface area contributed by atoms with E-state index < -0.39 is 6.04 Å². The number of hydrogen-bond acceptors (Lipinski definition) is 17. The molecule has 4 N–H and O–H groups in total. The van der Waals surface area contributed by atoms with Crippen LogP contribution in [0.5, 0.6) is 11.5 Å². The molecule has 1 aliphatic rings. The smallest absolute Gasteiger partial charge is 0.247 e. The number of halogens is 4. The van der Waals surface area contributed by atoms with Crippen LogP contribution in [-0.2, 0) is 38.8 Å². The lowest BCUT2D eigenvalue weighted by Crippen LogP contribution is -2.24. The van der Waals surface area contributed by atoms with E-state index in [0.29, 0.717) is 96.5 Å². The topological polar surface area (TPSA) is 258 Å². The van der Waals surface area contributed by atoms with Crippen molar-refractivity contribution in [1.29, 1.82) is 0 Å². The minimum atomic E-state index is -0.493. The van der Waals surface area contributed by atoms with Crippen LogP contribution in [0.2, 0.25) is 20.1 Å². The lowest BCUT2D eigenvalue weighted by atomic mass is 10.2. The number of nitrogens with zero attached hydrogens (tertiary/aromatic N) is 12. The van der Waals surface area contributed by atoms with Gasteiger partial charge in [0.1, 0.15) is 56.0 Å². The fraction of sp³-hybridized carbons (Fsp3) is 0.114. The molecule has 540 valence electrons. The number of para-hydroxylation sites is 8. The highest BCUT2D eigenvalue weighted by molar-refractivity contribution is 7.13. The van der Waals surface area contributed by atoms with Crippen LogP contribution in [0.1, 0.15) is 24.1 Å². The summed E-state index contributed by atoms with van der Waals surface area (Å²) in [6, 6.07) is 57.4. The maximum absolute atomic E-state index is 13.1. The van der Waals surface area contributed by atoms with E-state index in [1.165, 1.54) is 34.0 Å². The summed E-state index contributed by atoms with van der Waals surface area (Å²) in [5.74, 6) is 3.37. The fourth-order valence-corrected chi connectivity index (χ4v) is 14.1. The van der Waals surface area contributed by atoms with Gasteiger partial charge in [0.15, 0.2) is 39.8 Å². The molecular formula is C79H62Cl4N16O6S3. The number of nitrogens with one attached hydrogen (secondary N) is 4. The van der Waals surface area contributed by atoms with Gasteiger partial charge in [-0.2, -0.15) is 0 Å². The third-order valence-corrected chi connectivity index (χ3v) is 20.5. The Morgan fingerprint density at radius 3 is 1.38 bits per heavy atom. The van der Waals surface area contributed by atoms with Crippen LogP contribution >= 0.6 is 80.4 Å². The molecule has 29 heteroatoms. The molecule has 0 aliphatic carbocycles. The van der Waals surface area contributed by atoms with Crippen molar-refractivity contribution < 1.29 is 28.7 Å². The molecule has 17 rings (SSSR count). The molecule has 1 aliphatic heterocycles. The number of amides is 4. The number of pyridine rings is 1. The predicted molar refractivity (Wildman–Crippen MR) is 431 cm³/mol.